The summed E-state index contributed by atoms with van der Waals surface area (Å²) >= 11 is 0. The second-order valence-electron chi connectivity index (χ2n) is 6.46. The average Bonchev–Trinajstić information content (AvgIpc) is 3.00. The molecule has 0 radical (unpaired) electrons. The van der Waals surface area contributed by atoms with E-state index in [-0.39, 0.29) is 18.4 Å². The molecule has 3 atom stereocenters. The number of amides is 2. The number of ether oxygens (including phenoxy) is 3. The van der Waals surface area contributed by atoms with Gasteiger partial charge in [0.05, 0.1) is 12.2 Å². The van der Waals surface area contributed by atoms with Gasteiger partial charge >= 0.3 is 0 Å². The molecule has 3 aliphatic heterocycles. The molecule has 24 heavy (non-hydrogen) atoms. The van der Waals surface area contributed by atoms with E-state index in [1.54, 1.807) is 13.8 Å². The first-order valence-corrected chi connectivity index (χ1v) is 7.75. The summed E-state index contributed by atoms with van der Waals surface area (Å²) in [6.45, 7) is 3.96. The van der Waals surface area contributed by atoms with Gasteiger partial charge in [-0.1, -0.05) is 0 Å². The number of benzene rings is 1. The van der Waals surface area contributed by atoms with Crippen molar-refractivity contribution in [3.63, 3.8) is 0 Å². The molecule has 0 bridgehead atoms. The third kappa shape index (κ3) is 2.33. The lowest BCUT2D eigenvalue weighted by atomic mass is 10.1. The molecule has 0 aromatic heterocycles. The van der Waals surface area contributed by atoms with E-state index in [0.29, 0.717) is 18.0 Å². The summed E-state index contributed by atoms with van der Waals surface area (Å²) < 4.78 is 30.1. The molecular weight excluding hydrogens is 319 g/mol. The molecule has 0 unspecified atom stereocenters. The fourth-order valence-electron chi connectivity index (χ4n) is 3.35. The van der Waals surface area contributed by atoms with Crippen molar-refractivity contribution in [3.8, 4) is 5.75 Å². The lowest BCUT2D eigenvalue weighted by molar-refractivity contribution is -0.164. The molecule has 2 fully saturated rings. The van der Waals surface area contributed by atoms with E-state index in [2.05, 4.69) is 5.32 Å². The van der Waals surface area contributed by atoms with Crippen molar-refractivity contribution in [2.45, 2.75) is 37.9 Å². The molecule has 7 nitrogen and oxygen atoms in total. The van der Waals surface area contributed by atoms with Crippen molar-refractivity contribution in [1.29, 1.82) is 0 Å². The fraction of sp³-hybridized carbons (Fsp3) is 0.500. The number of rotatable bonds is 1. The van der Waals surface area contributed by atoms with Crippen LogP contribution in [-0.4, -0.2) is 49.0 Å². The van der Waals surface area contributed by atoms with Gasteiger partial charge in [-0.3, -0.25) is 9.59 Å². The number of hydrogen-bond donors (Lipinski definition) is 1. The van der Waals surface area contributed by atoms with Crippen molar-refractivity contribution in [1.82, 2.24) is 5.32 Å². The molecule has 0 saturated carbocycles. The van der Waals surface area contributed by atoms with Gasteiger partial charge in [-0.15, -0.1) is 0 Å². The van der Waals surface area contributed by atoms with Crippen molar-refractivity contribution in [2.24, 2.45) is 0 Å². The minimum absolute atomic E-state index is 0.250. The number of carbonyl (C=O) groups excluding carboxylic acids is 2. The maximum absolute atomic E-state index is 13.4. The molecule has 1 aromatic rings. The van der Waals surface area contributed by atoms with Gasteiger partial charge in [0.2, 0.25) is 0 Å². The van der Waals surface area contributed by atoms with Gasteiger partial charge in [0.15, 0.2) is 11.9 Å². The standard InChI is InChI=1S/C16H17FN2O5/c1-16(2)23-12-11(18-14(20)13(12)24-16)15(21)19-5-6-22-10-7-8(17)3-4-9(10)19/h3-4,7,11-13H,5-6H2,1-2H3,(H,18,20)/t11-,12-,13-/m0/s1. The van der Waals surface area contributed by atoms with Crippen LogP contribution in [0.5, 0.6) is 5.75 Å². The van der Waals surface area contributed by atoms with Crippen LogP contribution in [0.3, 0.4) is 0 Å². The highest BCUT2D eigenvalue weighted by Crippen LogP contribution is 2.37. The second-order valence-corrected chi connectivity index (χ2v) is 6.46. The Morgan fingerprint density at radius 3 is 2.96 bits per heavy atom. The van der Waals surface area contributed by atoms with Crippen molar-refractivity contribution in [2.75, 3.05) is 18.1 Å². The molecule has 3 aliphatic rings. The highest BCUT2D eigenvalue weighted by atomic mass is 19.1. The van der Waals surface area contributed by atoms with E-state index in [4.69, 9.17) is 14.2 Å². The molecule has 2 amide bonds. The van der Waals surface area contributed by atoms with Crippen LogP contribution in [0.25, 0.3) is 0 Å². The predicted octanol–water partition coefficient (Wildman–Crippen LogP) is 0.570. The zero-order chi connectivity index (χ0) is 17.1. The quantitative estimate of drug-likeness (QED) is 0.811. The zero-order valence-corrected chi connectivity index (χ0v) is 13.2. The van der Waals surface area contributed by atoms with Crippen LogP contribution >= 0.6 is 0 Å². The zero-order valence-electron chi connectivity index (χ0n) is 13.2. The van der Waals surface area contributed by atoms with E-state index in [1.165, 1.54) is 23.1 Å². The van der Waals surface area contributed by atoms with Gasteiger partial charge in [0.1, 0.15) is 30.3 Å². The van der Waals surface area contributed by atoms with Crippen LogP contribution in [0.1, 0.15) is 13.8 Å². The van der Waals surface area contributed by atoms with Gasteiger partial charge in [-0.05, 0) is 26.0 Å². The Bertz CT molecular complexity index is 722. The third-order valence-corrected chi connectivity index (χ3v) is 4.33. The summed E-state index contributed by atoms with van der Waals surface area (Å²) in [7, 11) is 0. The summed E-state index contributed by atoms with van der Waals surface area (Å²) in [6, 6.07) is 3.15. The minimum Gasteiger partial charge on any atom is -0.489 e. The van der Waals surface area contributed by atoms with Crippen LogP contribution in [0.15, 0.2) is 18.2 Å². The second kappa shape index (κ2) is 5.15. The molecule has 4 rings (SSSR count). The minimum atomic E-state index is -0.919. The smallest absolute Gasteiger partial charge is 0.252 e. The first kappa shape index (κ1) is 15.3. The number of nitrogens with one attached hydrogen (secondary N) is 1. The van der Waals surface area contributed by atoms with Crippen LogP contribution in [0, 0.1) is 5.82 Å². The van der Waals surface area contributed by atoms with E-state index in [0.717, 1.165) is 0 Å². The number of halogens is 1. The summed E-state index contributed by atoms with van der Waals surface area (Å²) in [6.07, 6.45) is -1.49. The largest absolute Gasteiger partial charge is 0.489 e. The molecule has 3 heterocycles. The Morgan fingerprint density at radius 2 is 2.17 bits per heavy atom. The molecule has 2 saturated heterocycles. The van der Waals surface area contributed by atoms with Crippen LogP contribution in [-0.2, 0) is 19.1 Å². The molecule has 1 aromatic carbocycles. The lowest BCUT2D eigenvalue weighted by Crippen LogP contribution is -2.52. The molecule has 8 heteroatoms. The lowest BCUT2D eigenvalue weighted by Gasteiger charge is -2.32. The molecule has 128 valence electrons. The third-order valence-electron chi connectivity index (χ3n) is 4.33. The number of fused-ring (bicyclic) bond motifs is 2. The van der Waals surface area contributed by atoms with Crippen molar-refractivity contribution < 1.29 is 28.2 Å². The number of hydrogen-bond acceptors (Lipinski definition) is 5. The number of anilines is 1. The Kier molecular flexibility index (Phi) is 3.29. The highest BCUT2D eigenvalue weighted by molar-refractivity contribution is 6.03. The van der Waals surface area contributed by atoms with E-state index >= 15 is 0 Å². The Labute approximate surface area is 137 Å². The Balaban J connectivity index is 1.62. The summed E-state index contributed by atoms with van der Waals surface area (Å²) in [5.74, 6) is -1.74. The molecule has 0 spiro atoms. The summed E-state index contributed by atoms with van der Waals surface area (Å²) in [5.41, 5.74) is 0.475. The maximum Gasteiger partial charge on any atom is 0.252 e. The van der Waals surface area contributed by atoms with Gasteiger partial charge in [0.25, 0.3) is 11.8 Å². The molecular formula is C16H17FN2O5. The first-order chi connectivity index (χ1) is 11.4. The monoisotopic (exact) mass is 336 g/mol. The predicted molar refractivity (Wildman–Crippen MR) is 80.0 cm³/mol. The Morgan fingerprint density at radius 1 is 1.38 bits per heavy atom. The van der Waals surface area contributed by atoms with Crippen molar-refractivity contribution >= 4 is 17.5 Å². The number of carbonyl (C=O) groups is 2. The van der Waals surface area contributed by atoms with Crippen LogP contribution < -0.4 is 15.0 Å². The summed E-state index contributed by atoms with van der Waals surface area (Å²) in [5, 5.41) is 2.64. The van der Waals surface area contributed by atoms with Crippen molar-refractivity contribution in [3.05, 3.63) is 24.0 Å². The van der Waals surface area contributed by atoms with Crippen LogP contribution in [0.2, 0.25) is 0 Å². The Hall–Kier alpha value is -2.19. The van der Waals surface area contributed by atoms with Crippen LogP contribution in [0.4, 0.5) is 10.1 Å². The van der Waals surface area contributed by atoms with Gasteiger partial charge in [-0.2, -0.15) is 0 Å². The van der Waals surface area contributed by atoms with Gasteiger partial charge < -0.3 is 24.4 Å². The topological polar surface area (TPSA) is 77.1 Å². The first-order valence-electron chi connectivity index (χ1n) is 7.75. The SMILES string of the molecule is CC1(C)O[C@H]2[C@@H](C(=O)N3CCOc4cc(F)ccc43)NC(=O)[C@H]2O1. The normalized spacial score (nSPS) is 30.4. The molecule has 1 N–H and O–H groups in total. The number of nitrogens with zero attached hydrogens (tertiary/aromatic N) is 1. The summed E-state index contributed by atoms with van der Waals surface area (Å²) in [4.78, 5) is 26.5. The highest BCUT2D eigenvalue weighted by Gasteiger charge is 2.57. The average molecular weight is 336 g/mol. The fourth-order valence-corrected chi connectivity index (χ4v) is 3.35. The van der Waals surface area contributed by atoms with Gasteiger partial charge in [0, 0.05) is 6.07 Å². The van der Waals surface area contributed by atoms with Gasteiger partial charge in [-0.25, -0.2) is 4.39 Å². The maximum atomic E-state index is 13.4. The van der Waals surface area contributed by atoms with E-state index < -0.39 is 29.9 Å². The molecule has 0 aliphatic carbocycles. The van der Waals surface area contributed by atoms with E-state index in [9.17, 15) is 14.0 Å². The van der Waals surface area contributed by atoms with E-state index in [1.807, 2.05) is 0 Å².